The average molecular weight is 305 g/mol. The molecule has 2 aromatic carbocycles. The van der Waals surface area contributed by atoms with Crippen LogP contribution in [0.2, 0.25) is 0 Å². The van der Waals surface area contributed by atoms with E-state index < -0.39 is 18.2 Å². The van der Waals surface area contributed by atoms with Gasteiger partial charge in [0.2, 0.25) is 0 Å². The number of hydrogen-bond donors (Lipinski definition) is 1. The van der Waals surface area contributed by atoms with E-state index in [9.17, 15) is 9.90 Å². The number of carbonyl (C=O) groups excluding carboxylic acids is 1. The molecule has 3 nitrogen and oxygen atoms in total. The number of hydrogen-bond acceptors (Lipinski definition) is 3. The number of benzene rings is 2. The number of rotatable bonds is 5. The molecule has 115 valence electrons. The van der Waals surface area contributed by atoms with E-state index in [-0.39, 0.29) is 0 Å². The second kappa shape index (κ2) is 7.42. The second-order valence-electron chi connectivity index (χ2n) is 5.27. The lowest BCUT2D eigenvalue weighted by molar-refractivity contribution is -0.152. The Morgan fingerprint density at radius 2 is 1.35 bits per heavy atom. The van der Waals surface area contributed by atoms with Crippen LogP contribution in [0.5, 0.6) is 0 Å². The van der Waals surface area contributed by atoms with Gasteiger partial charge in [0.05, 0.1) is 5.92 Å². The van der Waals surface area contributed by atoms with E-state index in [1.54, 1.807) is 25.7 Å². The fraction of sp³-hybridized carbons (Fsp3) is 0.100. The summed E-state index contributed by atoms with van der Waals surface area (Å²) in [4.78, 5) is 12.3. The summed E-state index contributed by atoms with van der Waals surface area (Å²) in [6.07, 6.45) is 5.25. The predicted octanol–water partition coefficient (Wildman–Crippen LogP) is 3.41. The molecule has 2 unspecified atom stereocenters. The molecular formula is C20H17O3. The maximum Gasteiger partial charge on any atom is 0.314 e. The van der Waals surface area contributed by atoms with Crippen molar-refractivity contribution in [2.24, 2.45) is 0 Å². The van der Waals surface area contributed by atoms with Gasteiger partial charge in [-0.15, -0.1) is 0 Å². The van der Waals surface area contributed by atoms with Crippen molar-refractivity contribution in [3.8, 4) is 0 Å². The van der Waals surface area contributed by atoms with Gasteiger partial charge in [0.25, 0.3) is 0 Å². The van der Waals surface area contributed by atoms with Gasteiger partial charge in [-0.25, -0.2) is 0 Å². The Bertz CT molecular complexity index is 618. The summed E-state index contributed by atoms with van der Waals surface area (Å²) in [5.74, 6) is 0.0324. The molecule has 0 aromatic heterocycles. The molecule has 0 saturated heterocycles. The lowest BCUT2D eigenvalue weighted by Gasteiger charge is -2.25. The molecule has 1 N–H and O–H groups in total. The van der Waals surface area contributed by atoms with Gasteiger partial charge >= 0.3 is 5.97 Å². The maximum atomic E-state index is 12.3. The molecule has 1 fully saturated rings. The summed E-state index contributed by atoms with van der Waals surface area (Å²) in [7, 11) is 0. The highest BCUT2D eigenvalue weighted by molar-refractivity contribution is 5.91. The minimum atomic E-state index is -0.933. The third-order valence-electron chi connectivity index (χ3n) is 3.69. The smallest absolute Gasteiger partial charge is 0.314 e. The topological polar surface area (TPSA) is 46.5 Å². The van der Waals surface area contributed by atoms with Crippen molar-refractivity contribution in [2.45, 2.75) is 12.2 Å². The van der Waals surface area contributed by atoms with Crippen molar-refractivity contribution >= 4 is 5.97 Å². The molecule has 23 heavy (non-hydrogen) atoms. The van der Waals surface area contributed by atoms with Gasteiger partial charge in [-0.1, -0.05) is 60.7 Å². The first-order valence-corrected chi connectivity index (χ1v) is 7.46. The Morgan fingerprint density at radius 1 is 0.826 bits per heavy atom. The zero-order valence-electron chi connectivity index (χ0n) is 12.5. The highest BCUT2D eigenvalue weighted by atomic mass is 16.6. The second-order valence-corrected chi connectivity index (χ2v) is 5.27. The third kappa shape index (κ3) is 3.80. The van der Waals surface area contributed by atoms with Gasteiger partial charge in [-0.05, 0) is 36.8 Å². The molecule has 1 aliphatic carbocycles. The number of ether oxygens (including phenoxy) is 1. The monoisotopic (exact) mass is 305 g/mol. The SMILES string of the molecule is O=C(OC(c1ccccc1)C(O)c1ccccc1)[C]1[CH][CH][CH][CH]1. The van der Waals surface area contributed by atoms with Gasteiger partial charge in [0.1, 0.15) is 6.10 Å². The van der Waals surface area contributed by atoms with Crippen LogP contribution in [0.4, 0.5) is 0 Å². The van der Waals surface area contributed by atoms with E-state index in [4.69, 9.17) is 4.74 Å². The first-order valence-electron chi connectivity index (χ1n) is 7.46. The van der Waals surface area contributed by atoms with Gasteiger partial charge in [-0.2, -0.15) is 0 Å². The predicted molar refractivity (Wildman–Crippen MR) is 87.1 cm³/mol. The normalized spacial score (nSPS) is 17.6. The van der Waals surface area contributed by atoms with Gasteiger partial charge in [-0.3, -0.25) is 4.79 Å². The summed E-state index contributed by atoms with van der Waals surface area (Å²) >= 11 is 0. The molecular weight excluding hydrogens is 288 g/mol. The molecule has 5 radical (unpaired) electrons. The Morgan fingerprint density at radius 3 is 1.91 bits per heavy atom. The van der Waals surface area contributed by atoms with Crippen LogP contribution in [0, 0.1) is 31.6 Å². The molecule has 1 aliphatic rings. The summed E-state index contributed by atoms with van der Waals surface area (Å²) < 4.78 is 5.61. The lowest BCUT2D eigenvalue weighted by atomic mass is 9.98. The van der Waals surface area contributed by atoms with Crippen LogP contribution in [0.25, 0.3) is 0 Å². The fourth-order valence-corrected chi connectivity index (χ4v) is 2.48. The molecule has 0 amide bonds. The molecule has 1 saturated carbocycles. The van der Waals surface area contributed by atoms with Crippen LogP contribution in [-0.4, -0.2) is 11.1 Å². The Hall–Kier alpha value is -2.13. The van der Waals surface area contributed by atoms with Crippen molar-refractivity contribution in [1.29, 1.82) is 0 Å². The summed E-state index contributed by atoms with van der Waals surface area (Å²) in [5, 5.41) is 10.7. The third-order valence-corrected chi connectivity index (χ3v) is 3.69. The molecule has 0 aliphatic heterocycles. The van der Waals surface area contributed by atoms with Crippen LogP contribution in [0.3, 0.4) is 0 Å². The number of carbonyl (C=O) groups is 1. The quantitative estimate of drug-likeness (QED) is 0.861. The standard InChI is InChI=1S/C20H17O3/c21-18(15-9-3-1-4-10-15)19(16-11-5-2-6-12-16)23-20(22)17-13-7-8-14-17/h1-14,18-19,21H. The molecule has 0 spiro atoms. The van der Waals surface area contributed by atoms with Crippen molar-refractivity contribution in [2.75, 3.05) is 0 Å². The first kappa shape index (κ1) is 15.8. The molecule has 2 aromatic rings. The number of aliphatic hydroxyl groups excluding tert-OH is 1. The average Bonchev–Trinajstić information content (AvgIpc) is 3.15. The zero-order chi connectivity index (χ0) is 16.1. The molecule has 0 heterocycles. The van der Waals surface area contributed by atoms with E-state index in [2.05, 4.69) is 0 Å². The Balaban J connectivity index is 1.83. The summed E-state index contributed by atoms with van der Waals surface area (Å²) in [5.41, 5.74) is 1.46. The van der Waals surface area contributed by atoms with Crippen LogP contribution in [0.1, 0.15) is 23.3 Å². The van der Waals surface area contributed by atoms with Crippen LogP contribution < -0.4 is 0 Å². The van der Waals surface area contributed by atoms with Crippen LogP contribution >= 0.6 is 0 Å². The van der Waals surface area contributed by atoms with Crippen molar-refractivity contribution in [3.05, 3.63) is 103 Å². The van der Waals surface area contributed by atoms with Crippen molar-refractivity contribution in [1.82, 2.24) is 0 Å². The van der Waals surface area contributed by atoms with E-state index in [1.165, 1.54) is 0 Å². The Labute approximate surface area is 136 Å². The number of esters is 1. The molecule has 3 rings (SSSR count). The van der Waals surface area contributed by atoms with E-state index in [0.717, 1.165) is 5.56 Å². The molecule has 2 atom stereocenters. The van der Waals surface area contributed by atoms with Crippen molar-refractivity contribution in [3.63, 3.8) is 0 Å². The minimum Gasteiger partial charge on any atom is -0.454 e. The van der Waals surface area contributed by atoms with E-state index in [0.29, 0.717) is 11.5 Å². The van der Waals surface area contributed by atoms with E-state index in [1.807, 2.05) is 60.7 Å². The van der Waals surface area contributed by atoms with Gasteiger partial charge in [0, 0.05) is 0 Å². The highest BCUT2D eigenvalue weighted by Crippen LogP contribution is 2.34. The summed E-state index contributed by atoms with van der Waals surface area (Å²) in [6, 6.07) is 18.5. The van der Waals surface area contributed by atoms with Crippen LogP contribution in [0.15, 0.2) is 60.7 Å². The summed E-state index contributed by atoms with van der Waals surface area (Å²) in [6.45, 7) is 0. The fourth-order valence-electron chi connectivity index (χ4n) is 2.48. The molecule has 3 heteroatoms. The highest BCUT2D eigenvalue weighted by Gasteiger charge is 2.32. The first-order chi connectivity index (χ1) is 11.3. The molecule has 0 bridgehead atoms. The largest absolute Gasteiger partial charge is 0.454 e. The van der Waals surface area contributed by atoms with Gasteiger partial charge in [0.15, 0.2) is 6.10 Å². The lowest BCUT2D eigenvalue weighted by Crippen LogP contribution is -2.22. The number of aliphatic hydroxyl groups is 1. The van der Waals surface area contributed by atoms with Crippen LogP contribution in [-0.2, 0) is 9.53 Å². The minimum absolute atomic E-state index is 0.446. The Kier molecular flexibility index (Phi) is 5.09. The van der Waals surface area contributed by atoms with Crippen molar-refractivity contribution < 1.29 is 14.6 Å². The van der Waals surface area contributed by atoms with E-state index >= 15 is 0 Å². The maximum absolute atomic E-state index is 12.3. The van der Waals surface area contributed by atoms with Gasteiger partial charge < -0.3 is 9.84 Å². The zero-order valence-corrected chi connectivity index (χ0v) is 12.5.